The van der Waals surface area contributed by atoms with E-state index in [4.69, 9.17) is 10.5 Å². The molecule has 1 aromatic rings. The normalized spacial score (nSPS) is 11.5. The number of rotatable bonds is 4. The summed E-state index contributed by atoms with van der Waals surface area (Å²) in [6, 6.07) is 7.72. The number of likely N-dealkylation sites (N-methyl/N-ethyl adjacent to an activating group) is 1. The standard InChI is InChI=1S/C12H18N2O2.ClH/c1-9-4-6-10(7-5-9)14(2)12(15)11(8-13)16-3;/h4-7,11H,8,13H2,1-3H3;1H. The minimum Gasteiger partial charge on any atom is -0.370 e. The second-order valence-corrected chi connectivity index (χ2v) is 3.69. The Balaban J connectivity index is 0.00000256. The highest BCUT2D eigenvalue weighted by atomic mass is 35.5. The second kappa shape index (κ2) is 7.27. The average molecular weight is 259 g/mol. The number of benzene rings is 1. The van der Waals surface area contributed by atoms with E-state index in [0.29, 0.717) is 0 Å². The van der Waals surface area contributed by atoms with Crippen molar-refractivity contribution >= 4 is 24.0 Å². The number of nitrogens with two attached hydrogens (primary N) is 1. The maximum absolute atomic E-state index is 11.9. The number of ether oxygens (including phenoxy) is 1. The zero-order valence-corrected chi connectivity index (χ0v) is 11.2. The summed E-state index contributed by atoms with van der Waals surface area (Å²) >= 11 is 0. The van der Waals surface area contributed by atoms with Crippen LogP contribution in [0.4, 0.5) is 5.69 Å². The first kappa shape index (κ1) is 15.9. The van der Waals surface area contributed by atoms with Crippen LogP contribution in [0.5, 0.6) is 0 Å². The van der Waals surface area contributed by atoms with Gasteiger partial charge in [0.25, 0.3) is 5.91 Å². The molecular weight excluding hydrogens is 240 g/mol. The molecule has 0 aliphatic carbocycles. The molecule has 0 fully saturated rings. The van der Waals surface area contributed by atoms with Crippen LogP contribution in [0.1, 0.15) is 5.56 Å². The highest BCUT2D eigenvalue weighted by Crippen LogP contribution is 2.14. The second-order valence-electron chi connectivity index (χ2n) is 3.69. The van der Waals surface area contributed by atoms with Crippen LogP contribution in [0.2, 0.25) is 0 Å². The molecule has 1 atom stereocenters. The molecule has 2 N–H and O–H groups in total. The van der Waals surface area contributed by atoms with Gasteiger partial charge in [-0.15, -0.1) is 12.4 Å². The van der Waals surface area contributed by atoms with Crippen LogP contribution >= 0.6 is 12.4 Å². The first-order valence-corrected chi connectivity index (χ1v) is 5.17. The molecule has 0 radical (unpaired) electrons. The van der Waals surface area contributed by atoms with Gasteiger partial charge >= 0.3 is 0 Å². The molecule has 5 heteroatoms. The number of hydrogen-bond donors (Lipinski definition) is 1. The van der Waals surface area contributed by atoms with Crippen molar-refractivity contribution in [1.82, 2.24) is 0 Å². The lowest BCUT2D eigenvalue weighted by Crippen LogP contribution is -2.41. The maximum atomic E-state index is 11.9. The Morgan fingerprint density at radius 1 is 1.41 bits per heavy atom. The smallest absolute Gasteiger partial charge is 0.257 e. The van der Waals surface area contributed by atoms with Crippen LogP contribution in [0, 0.1) is 6.92 Å². The molecule has 1 rings (SSSR count). The Morgan fingerprint density at radius 2 is 1.94 bits per heavy atom. The molecular formula is C12H19ClN2O2. The molecule has 4 nitrogen and oxygen atoms in total. The van der Waals surface area contributed by atoms with Gasteiger partial charge in [-0.2, -0.15) is 0 Å². The number of methoxy groups -OCH3 is 1. The number of carbonyl (C=O) groups excluding carboxylic acids is 1. The number of aryl methyl sites for hydroxylation is 1. The van der Waals surface area contributed by atoms with Crippen LogP contribution < -0.4 is 10.6 Å². The third kappa shape index (κ3) is 4.00. The van der Waals surface area contributed by atoms with Gasteiger partial charge in [0.1, 0.15) is 6.10 Å². The molecule has 0 saturated carbocycles. The Kier molecular flexibility index (Phi) is 6.80. The van der Waals surface area contributed by atoms with Crippen LogP contribution in [-0.2, 0) is 9.53 Å². The first-order chi connectivity index (χ1) is 7.60. The van der Waals surface area contributed by atoms with E-state index in [0.717, 1.165) is 11.3 Å². The van der Waals surface area contributed by atoms with Gasteiger partial charge in [0.2, 0.25) is 0 Å². The van der Waals surface area contributed by atoms with Gasteiger partial charge in [0.05, 0.1) is 0 Å². The van der Waals surface area contributed by atoms with Gasteiger partial charge in [0.15, 0.2) is 0 Å². The molecule has 17 heavy (non-hydrogen) atoms. The van der Waals surface area contributed by atoms with Gasteiger partial charge in [-0.05, 0) is 19.1 Å². The molecule has 0 aromatic heterocycles. The number of nitrogens with zero attached hydrogens (tertiary/aromatic N) is 1. The summed E-state index contributed by atoms with van der Waals surface area (Å²) in [5.41, 5.74) is 7.45. The predicted molar refractivity (Wildman–Crippen MR) is 71.7 cm³/mol. The zero-order valence-electron chi connectivity index (χ0n) is 10.3. The van der Waals surface area contributed by atoms with E-state index >= 15 is 0 Å². The van der Waals surface area contributed by atoms with E-state index in [9.17, 15) is 4.79 Å². The lowest BCUT2D eigenvalue weighted by atomic mass is 10.2. The fraction of sp³-hybridized carbons (Fsp3) is 0.417. The fourth-order valence-corrected chi connectivity index (χ4v) is 1.41. The van der Waals surface area contributed by atoms with Crippen LogP contribution in [0.15, 0.2) is 24.3 Å². The van der Waals surface area contributed by atoms with Crippen molar-refractivity contribution in [3.8, 4) is 0 Å². The van der Waals surface area contributed by atoms with Crippen molar-refractivity contribution in [1.29, 1.82) is 0 Å². The van der Waals surface area contributed by atoms with Crippen LogP contribution in [0.3, 0.4) is 0 Å². The Bertz CT molecular complexity index is 350. The Hall–Kier alpha value is -1.10. The number of anilines is 1. The summed E-state index contributed by atoms with van der Waals surface area (Å²) < 4.78 is 5.01. The quantitative estimate of drug-likeness (QED) is 0.887. The predicted octanol–water partition coefficient (Wildman–Crippen LogP) is 1.35. The Labute approximate surface area is 108 Å². The fourth-order valence-electron chi connectivity index (χ4n) is 1.41. The zero-order chi connectivity index (χ0) is 12.1. The molecule has 1 aromatic carbocycles. The van der Waals surface area contributed by atoms with Crippen molar-refractivity contribution in [2.75, 3.05) is 25.6 Å². The van der Waals surface area contributed by atoms with Crippen molar-refractivity contribution in [3.05, 3.63) is 29.8 Å². The summed E-state index contributed by atoms with van der Waals surface area (Å²) in [7, 11) is 3.20. The highest BCUT2D eigenvalue weighted by Gasteiger charge is 2.20. The van der Waals surface area contributed by atoms with E-state index in [1.54, 1.807) is 11.9 Å². The molecule has 0 aliphatic rings. The average Bonchev–Trinajstić information content (AvgIpc) is 2.30. The summed E-state index contributed by atoms with van der Waals surface area (Å²) in [5.74, 6) is -0.131. The summed E-state index contributed by atoms with van der Waals surface area (Å²) in [6.07, 6.45) is -0.577. The van der Waals surface area contributed by atoms with Crippen molar-refractivity contribution in [2.24, 2.45) is 5.73 Å². The minimum atomic E-state index is -0.577. The van der Waals surface area contributed by atoms with Gasteiger partial charge in [-0.3, -0.25) is 4.79 Å². The van der Waals surface area contributed by atoms with E-state index in [1.165, 1.54) is 7.11 Å². The van der Waals surface area contributed by atoms with E-state index < -0.39 is 6.10 Å². The van der Waals surface area contributed by atoms with Gasteiger partial charge in [-0.25, -0.2) is 0 Å². The van der Waals surface area contributed by atoms with E-state index in [-0.39, 0.29) is 24.9 Å². The van der Waals surface area contributed by atoms with E-state index in [1.807, 2.05) is 31.2 Å². The summed E-state index contributed by atoms with van der Waals surface area (Å²) in [5, 5.41) is 0. The highest BCUT2D eigenvalue weighted by molar-refractivity contribution is 5.96. The third-order valence-electron chi connectivity index (χ3n) is 2.53. The number of carbonyl (C=O) groups is 1. The lowest BCUT2D eigenvalue weighted by Gasteiger charge is -2.22. The molecule has 1 unspecified atom stereocenters. The minimum absolute atomic E-state index is 0. The van der Waals surface area contributed by atoms with Crippen molar-refractivity contribution in [2.45, 2.75) is 13.0 Å². The number of hydrogen-bond acceptors (Lipinski definition) is 3. The van der Waals surface area contributed by atoms with Crippen molar-refractivity contribution < 1.29 is 9.53 Å². The molecule has 0 saturated heterocycles. The van der Waals surface area contributed by atoms with Crippen LogP contribution in [0.25, 0.3) is 0 Å². The summed E-state index contributed by atoms with van der Waals surface area (Å²) in [4.78, 5) is 13.5. The van der Waals surface area contributed by atoms with E-state index in [2.05, 4.69) is 0 Å². The molecule has 0 aliphatic heterocycles. The molecule has 0 spiro atoms. The SMILES string of the molecule is COC(CN)C(=O)N(C)c1ccc(C)cc1.Cl. The molecule has 96 valence electrons. The summed E-state index contributed by atoms with van der Waals surface area (Å²) in [6.45, 7) is 2.19. The van der Waals surface area contributed by atoms with Crippen molar-refractivity contribution in [3.63, 3.8) is 0 Å². The monoisotopic (exact) mass is 258 g/mol. The number of amides is 1. The molecule has 1 amide bonds. The van der Waals surface area contributed by atoms with Gasteiger partial charge in [-0.1, -0.05) is 17.7 Å². The lowest BCUT2D eigenvalue weighted by molar-refractivity contribution is -0.127. The van der Waals surface area contributed by atoms with Gasteiger partial charge < -0.3 is 15.4 Å². The molecule has 0 heterocycles. The van der Waals surface area contributed by atoms with Gasteiger partial charge in [0, 0.05) is 26.4 Å². The maximum Gasteiger partial charge on any atom is 0.257 e. The Morgan fingerprint density at radius 3 is 2.35 bits per heavy atom. The number of halogens is 1. The topological polar surface area (TPSA) is 55.6 Å². The molecule has 0 bridgehead atoms. The first-order valence-electron chi connectivity index (χ1n) is 5.17. The van der Waals surface area contributed by atoms with Crippen LogP contribution in [-0.4, -0.2) is 32.7 Å². The largest absolute Gasteiger partial charge is 0.370 e. The third-order valence-corrected chi connectivity index (χ3v) is 2.53.